The van der Waals surface area contributed by atoms with Crippen LogP contribution in [0.3, 0.4) is 0 Å². The largest absolute Gasteiger partial charge is 0.481 e. The van der Waals surface area contributed by atoms with Gasteiger partial charge in [-0.3, -0.25) is 14.4 Å². The molecule has 4 N–H and O–H groups in total. The fourth-order valence-electron chi connectivity index (χ4n) is 11.2. The monoisotopic (exact) mass is 874 g/mol. The van der Waals surface area contributed by atoms with Gasteiger partial charge in [-0.15, -0.1) is 0 Å². The quantitative estimate of drug-likeness (QED) is 0.119. The molecule has 2 spiro atoms. The molecular weight excluding hydrogens is 799 g/mol. The summed E-state index contributed by atoms with van der Waals surface area (Å²) in [7, 11) is 0. The number of aliphatic hydroxyl groups excluding tert-OH is 1. The van der Waals surface area contributed by atoms with E-state index in [-0.39, 0.29) is 30.0 Å². The highest BCUT2D eigenvalue weighted by atomic mass is 19.4. The molecule has 0 aliphatic carbocycles. The third-order valence-corrected chi connectivity index (χ3v) is 15.4. The number of carboxylic acid groups (broad SMARTS) is 1. The summed E-state index contributed by atoms with van der Waals surface area (Å²) in [6.07, 6.45) is -1.86. The van der Waals surface area contributed by atoms with Crippen LogP contribution in [0.1, 0.15) is 146 Å². The molecule has 0 aromatic heterocycles. The van der Waals surface area contributed by atoms with Gasteiger partial charge >= 0.3 is 12.1 Å². The Hall–Kier alpha value is -2.14. The summed E-state index contributed by atoms with van der Waals surface area (Å²) in [6, 6.07) is -0.977. The van der Waals surface area contributed by atoms with Crippen molar-refractivity contribution in [3.05, 3.63) is 12.2 Å². The van der Waals surface area contributed by atoms with Gasteiger partial charge in [0.25, 0.3) is 0 Å². The highest BCUT2D eigenvalue weighted by Crippen LogP contribution is 2.54. The van der Waals surface area contributed by atoms with Gasteiger partial charge in [0.2, 0.25) is 5.91 Å². The van der Waals surface area contributed by atoms with E-state index < -0.39 is 120 Å². The Morgan fingerprint density at radius 1 is 0.902 bits per heavy atom. The Morgan fingerprint density at radius 2 is 1.57 bits per heavy atom. The van der Waals surface area contributed by atoms with Gasteiger partial charge in [-0.1, -0.05) is 61.5 Å². The minimum atomic E-state index is -4.52. The number of rotatable bonds is 15. The minimum Gasteiger partial charge on any atom is -0.481 e. The average Bonchev–Trinajstić information content (AvgIpc) is 3.54. The number of alkyl halides is 3. The maximum absolute atomic E-state index is 14.6. The second-order valence-electron chi connectivity index (χ2n) is 19.6. The van der Waals surface area contributed by atoms with Crippen molar-refractivity contribution < 1.29 is 66.6 Å². The molecule has 18 atom stereocenters. The summed E-state index contributed by atoms with van der Waals surface area (Å²) in [5, 5.41) is 35.5. The summed E-state index contributed by atoms with van der Waals surface area (Å²) < 4.78 is 73.4. The third-order valence-electron chi connectivity index (χ3n) is 15.4. The molecule has 0 aromatic rings. The number of carbonyl (C=O) groups is 3. The Kier molecular flexibility index (Phi) is 15.6. The van der Waals surface area contributed by atoms with Gasteiger partial charge in [-0.2, -0.15) is 13.2 Å². The molecule has 5 aliphatic rings. The van der Waals surface area contributed by atoms with Crippen LogP contribution in [0.15, 0.2) is 12.2 Å². The molecule has 61 heavy (non-hydrogen) atoms. The normalized spacial score (nSPS) is 41.9. The predicted molar refractivity (Wildman–Crippen MR) is 220 cm³/mol. The lowest BCUT2D eigenvalue weighted by Crippen LogP contribution is -2.65. The molecule has 15 heteroatoms. The van der Waals surface area contributed by atoms with Crippen LogP contribution in [0.2, 0.25) is 0 Å². The number of hydrogen-bond donors (Lipinski definition) is 4. The van der Waals surface area contributed by atoms with Gasteiger partial charge < -0.3 is 44.3 Å². The van der Waals surface area contributed by atoms with Crippen molar-refractivity contribution in [2.24, 2.45) is 41.4 Å². The number of aliphatic carboxylic acids is 1. The van der Waals surface area contributed by atoms with Crippen molar-refractivity contribution in [1.29, 1.82) is 0 Å². The van der Waals surface area contributed by atoms with E-state index in [0.717, 1.165) is 6.42 Å². The third kappa shape index (κ3) is 10.4. The molecule has 5 rings (SSSR count). The molecule has 350 valence electrons. The predicted octanol–water partition coefficient (Wildman–Crippen LogP) is 7.65. The van der Waals surface area contributed by atoms with E-state index in [1.54, 1.807) is 19.1 Å². The van der Waals surface area contributed by atoms with Crippen LogP contribution < -0.4 is 5.32 Å². The van der Waals surface area contributed by atoms with Gasteiger partial charge in [0.15, 0.2) is 11.6 Å². The average molecular weight is 874 g/mol. The zero-order valence-corrected chi connectivity index (χ0v) is 38.0. The second kappa shape index (κ2) is 19.1. The number of aliphatic hydroxyl groups is 2. The summed E-state index contributed by atoms with van der Waals surface area (Å²) in [5.74, 6) is -7.83. The zero-order valence-electron chi connectivity index (χ0n) is 38.0. The highest BCUT2D eigenvalue weighted by molar-refractivity contribution is 5.84. The van der Waals surface area contributed by atoms with Crippen molar-refractivity contribution in [3.8, 4) is 0 Å². The number of carbonyl (C=O) groups excluding carboxylic acids is 2. The van der Waals surface area contributed by atoms with Crippen LogP contribution in [0, 0.1) is 41.4 Å². The standard InChI is InChI=1S/C46H74F3NO11/c1-11-31(41(54)55)33-15-14-25(4)39(58-33)29(8)37(52)28(7)38(53)32(12-2)40-26(5)24-27(6)44(59-40)20-16-34(50-36(51)18-21-46(47,48)49)45(61-44)23-22-42(10,60-45)35-17-19-43(56,13-3)30(9)57-35/h16,20,25-35,37,39-40,52,56H,11-15,17-19,21-24H2,1-10H3,(H,50,51)(H,54,55)/t25-,26-,27+,28-,29-,30-,31+,32?,33+,34+,35+,37+,39+,40-,42-,43+,44-,45-/m0/s1. The van der Waals surface area contributed by atoms with E-state index in [9.17, 15) is 42.9 Å². The van der Waals surface area contributed by atoms with E-state index in [4.69, 9.17) is 23.7 Å². The lowest BCUT2D eigenvalue weighted by molar-refractivity contribution is -0.398. The van der Waals surface area contributed by atoms with E-state index in [2.05, 4.69) is 5.32 Å². The Morgan fingerprint density at radius 3 is 2.16 bits per heavy atom. The molecule has 12 nitrogen and oxygen atoms in total. The summed E-state index contributed by atoms with van der Waals surface area (Å²) in [5.41, 5.74) is -1.95. The number of ketones is 1. The number of ether oxygens (including phenoxy) is 5. The molecule has 1 unspecified atom stereocenters. The molecule has 4 fully saturated rings. The SMILES string of the molecule is CCC(C(=O)[C@@H](C)[C@@H](O)[C@H](C)[C@@H]1O[C@@H]([C@@H](CC)C(=O)O)CC[C@@H]1C)[C@H]1O[C@]2(C=C[C@@H](NC(=O)CCC(F)(F)F)[C@]3(CC[C@@](C)([C@H]4CC[C@](O)(CC)[C@H](C)O4)O3)O2)[C@H](C)C[C@@H]1C. The van der Waals surface area contributed by atoms with E-state index >= 15 is 0 Å². The number of hydrogen-bond acceptors (Lipinski definition) is 10. The van der Waals surface area contributed by atoms with Gasteiger partial charge in [0, 0.05) is 36.5 Å². The maximum atomic E-state index is 14.6. The first kappa shape index (κ1) is 49.9. The van der Waals surface area contributed by atoms with Crippen LogP contribution in [0.5, 0.6) is 0 Å². The van der Waals surface area contributed by atoms with Gasteiger partial charge in [0.1, 0.15) is 11.8 Å². The number of halogens is 3. The number of carboxylic acids is 1. The molecule has 4 saturated heterocycles. The lowest BCUT2D eigenvalue weighted by atomic mass is 9.72. The number of nitrogens with one attached hydrogen (secondary N) is 1. The molecular formula is C46H74F3NO11. The van der Waals surface area contributed by atoms with E-state index in [1.165, 1.54) is 0 Å². The zero-order chi connectivity index (χ0) is 45.5. The van der Waals surface area contributed by atoms with Crippen LogP contribution in [0.4, 0.5) is 13.2 Å². The first-order chi connectivity index (χ1) is 28.4. The van der Waals surface area contributed by atoms with E-state index in [0.29, 0.717) is 51.4 Å². The lowest BCUT2D eigenvalue weighted by Gasteiger charge is -2.55. The first-order valence-electron chi connectivity index (χ1n) is 23.0. The van der Waals surface area contributed by atoms with Gasteiger partial charge in [-0.25, -0.2) is 0 Å². The molecule has 0 saturated carbocycles. The topological polar surface area (TPSA) is 170 Å². The second-order valence-corrected chi connectivity index (χ2v) is 19.6. The van der Waals surface area contributed by atoms with Crippen molar-refractivity contribution in [1.82, 2.24) is 5.32 Å². The smallest absolute Gasteiger partial charge is 0.389 e. The van der Waals surface area contributed by atoms with Crippen molar-refractivity contribution in [2.75, 3.05) is 0 Å². The maximum Gasteiger partial charge on any atom is 0.389 e. The molecule has 5 aliphatic heterocycles. The van der Waals surface area contributed by atoms with Crippen LogP contribution in [-0.2, 0) is 38.1 Å². The highest BCUT2D eigenvalue weighted by Gasteiger charge is 2.63. The molecule has 0 radical (unpaired) electrons. The Labute approximate surface area is 360 Å². The summed E-state index contributed by atoms with van der Waals surface area (Å²) in [4.78, 5) is 39.7. The molecule has 0 aromatic carbocycles. The fourth-order valence-corrected chi connectivity index (χ4v) is 11.2. The van der Waals surface area contributed by atoms with E-state index in [1.807, 2.05) is 62.3 Å². The molecule has 0 bridgehead atoms. The fraction of sp³-hybridized carbons (Fsp3) is 0.891. The van der Waals surface area contributed by atoms with Gasteiger partial charge in [-0.05, 0) is 89.5 Å². The molecule has 5 heterocycles. The van der Waals surface area contributed by atoms with Crippen LogP contribution in [0.25, 0.3) is 0 Å². The van der Waals surface area contributed by atoms with Gasteiger partial charge in [0.05, 0.1) is 60.2 Å². The van der Waals surface area contributed by atoms with Crippen molar-refractivity contribution in [2.45, 2.75) is 218 Å². The number of amides is 1. The Bertz CT molecular complexity index is 1580. The summed E-state index contributed by atoms with van der Waals surface area (Å²) in [6.45, 7) is 19.0. The van der Waals surface area contributed by atoms with Crippen molar-refractivity contribution in [3.63, 3.8) is 0 Å². The number of Topliss-reactive ketones (excluding diaryl/α,β-unsaturated/α-hetero) is 1. The first-order valence-corrected chi connectivity index (χ1v) is 23.0. The Balaban J connectivity index is 1.39. The molecule has 1 amide bonds. The minimum absolute atomic E-state index is 0.0487. The van der Waals surface area contributed by atoms with Crippen LogP contribution in [-0.4, -0.2) is 105 Å². The van der Waals surface area contributed by atoms with Crippen molar-refractivity contribution >= 4 is 17.7 Å². The summed E-state index contributed by atoms with van der Waals surface area (Å²) >= 11 is 0. The van der Waals surface area contributed by atoms with Crippen LogP contribution >= 0.6 is 0 Å².